The van der Waals surface area contributed by atoms with Gasteiger partial charge in [0.25, 0.3) is 5.91 Å². The maximum absolute atomic E-state index is 14.3. The van der Waals surface area contributed by atoms with Gasteiger partial charge in [0.15, 0.2) is 0 Å². The van der Waals surface area contributed by atoms with E-state index in [-0.39, 0.29) is 17.4 Å². The van der Waals surface area contributed by atoms with Crippen LogP contribution >= 0.6 is 0 Å². The zero-order valence-electron chi connectivity index (χ0n) is 18.8. The van der Waals surface area contributed by atoms with Gasteiger partial charge in [0.05, 0.1) is 12.7 Å². The third-order valence-electron chi connectivity index (χ3n) is 5.52. The number of pyridine rings is 1. The zero-order chi connectivity index (χ0) is 23.2. The van der Waals surface area contributed by atoms with E-state index in [2.05, 4.69) is 20.2 Å². The molecule has 0 fully saturated rings. The molecule has 0 saturated carbocycles. The maximum atomic E-state index is 14.3. The first-order valence-electron chi connectivity index (χ1n) is 11.0. The number of aryl methyl sites for hydroxylation is 1. The van der Waals surface area contributed by atoms with E-state index in [4.69, 9.17) is 4.74 Å². The van der Waals surface area contributed by atoms with Gasteiger partial charge in [-0.05, 0) is 55.3 Å². The van der Waals surface area contributed by atoms with Crippen molar-refractivity contribution in [2.45, 2.75) is 20.0 Å². The number of rotatable bonds is 7. The Morgan fingerprint density at radius 3 is 2.67 bits per heavy atom. The number of para-hydroxylation sites is 1. The average Bonchev–Trinajstić information content (AvgIpc) is 2.81. The molecule has 1 aliphatic rings. The highest BCUT2D eigenvalue weighted by molar-refractivity contribution is 6.02. The fourth-order valence-electron chi connectivity index (χ4n) is 3.71. The lowest BCUT2D eigenvalue weighted by molar-refractivity contribution is 0.102. The van der Waals surface area contributed by atoms with Crippen LogP contribution in [0.1, 0.15) is 34.6 Å². The number of carbonyl (C=O) groups is 1. The Morgan fingerprint density at radius 1 is 1.15 bits per heavy atom. The first kappa shape index (κ1) is 22.6. The van der Waals surface area contributed by atoms with Gasteiger partial charge in [-0.3, -0.25) is 14.7 Å². The molecule has 3 aromatic rings. The van der Waals surface area contributed by atoms with Crippen molar-refractivity contribution in [2.75, 3.05) is 31.5 Å². The van der Waals surface area contributed by atoms with Crippen LogP contribution in [0.15, 0.2) is 71.9 Å². The summed E-state index contributed by atoms with van der Waals surface area (Å²) in [5.41, 5.74) is 3.40. The summed E-state index contributed by atoms with van der Waals surface area (Å²) in [6.07, 6.45) is 1.14. The molecule has 170 valence electrons. The maximum Gasteiger partial charge on any atom is 0.274 e. The van der Waals surface area contributed by atoms with Crippen LogP contribution in [0.3, 0.4) is 0 Å². The van der Waals surface area contributed by atoms with Crippen LogP contribution in [-0.4, -0.2) is 47.7 Å². The van der Waals surface area contributed by atoms with Crippen molar-refractivity contribution in [3.63, 3.8) is 0 Å². The molecule has 1 atom stereocenters. The highest BCUT2D eigenvalue weighted by atomic mass is 19.1. The first-order valence-corrected chi connectivity index (χ1v) is 11.0. The van der Waals surface area contributed by atoms with Gasteiger partial charge in [-0.25, -0.2) is 9.37 Å². The van der Waals surface area contributed by atoms with Gasteiger partial charge in [0.2, 0.25) is 0 Å². The Hall–Kier alpha value is -3.58. The molecule has 1 aromatic heterocycles. The van der Waals surface area contributed by atoms with E-state index in [1.165, 1.54) is 12.3 Å². The lowest BCUT2D eigenvalue weighted by atomic mass is 10.1. The summed E-state index contributed by atoms with van der Waals surface area (Å²) in [5.74, 6) is -0.0452. The van der Waals surface area contributed by atoms with Crippen LogP contribution in [0.5, 0.6) is 5.75 Å². The Kier molecular flexibility index (Phi) is 7.10. The lowest BCUT2D eigenvalue weighted by Gasteiger charge is -2.30. The van der Waals surface area contributed by atoms with Crippen LogP contribution in [0, 0.1) is 12.7 Å². The fourth-order valence-corrected chi connectivity index (χ4v) is 3.71. The van der Waals surface area contributed by atoms with Gasteiger partial charge in [-0.15, -0.1) is 0 Å². The van der Waals surface area contributed by atoms with E-state index >= 15 is 0 Å². The van der Waals surface area contributed by atoms with Gasteiger partial charge in [0.1, 0.15) is 23.4 Å². The van der Waals surface area contributed by atoms with Crippen LogP contribution in [-0.2, 0) is 0 Å². The predicted octanol–water partition coefficient (Wildman–Crippen LogP) is 4.68. The highest BCUT2D eigenvalue weighted by Crippen LogP contribution is 2.25. The smallest absolute Gasteiger partial charge is 0.274 e. The number of aliphatic imine (C=N–C) groups is 1. The molecule has 1 N–H and O–H groups in total. The van der Waals surface area contributed by atoms with Crippen molar-refractivity contribution in [3.8, 4) is 5.75 Å². The minimum Gasteiger partial charge on any atom is -0.483 e. The Morgan fingerprint density at radius 2 is 1.97 bits per heavy atom. The molecule has 6 nitrogen and oxygen atoms in total. The molecular weight excluding hydrogens is 419 g/mol. The quantitative estimate of drug-likeness (QED) is 0.572. The number of amides is 1. The topological polar surface area (TPSA) is 66.8 Å². The number of anilines is 1. The molecule has 2 heterocycles. The molecule has 2 aromatic carbocycles. The van der Waals surface area contributed by atoms with Crippen molar-refractivity contribution < 1.29 is 13.9 Å². The van der Waals surface area contributed by atoms with E-state index < -0.39 is 6.10 Å². The van der Waals surface area contributed by atoms with E-state index in [9.17, 15) is 9.18 Å². The van der Waals surface area contributed by atoms with Crippen molar-refractivity contribution >= 4 is 17.3 Å². The van der Waals surface area contributed by atoms with Gasteiger partial charge in [0, 0.05) is 31.0 Å². The normalized spacial score (nSPS) is 14.9. The van der Waals surface area contributed by atoms with E-state index in [0.29, 0.717) is 23.5 Å². The van der Waals surface area contributed by atoms with E-state index in [1.54, 1.807) is 25.1 Å². The van der Waals surface area contributed by atoms with Crippen LogP contribution in [0.4, 0.5) is 10.1 Å². The SMILES string of the molecule is CC1=NCCN(CC(Oc2ccc(C(=O)Nc3ccccc3)nc2)c2ccc(C)c(F)c2)C1. The minimum absolute atomic E-state index is 0.261. The second-order valence-electron chi connectivity index (χ2n) is 8.17. The number of benzene rings is 2. The number of hydrogen-bond donors (Lipinski definition) is 1. The molecule has 7 heteroatoms. The van der Waals surface area contributed by atoms with Crippen molar-refractivity contribution in [3.05, 3.63) is 89.5 Å². The monoisotopic (exact) mass is 446 g/mol. The molecule has 0 spiro atoms. The summed E-state index contributed by atoms with van der Waals surface area (Å²) >= 11 is 0. The van der Waals surface area contributed by atoms with Crippen molar-refractivity contribution in [1.29, 1.82) is 0 Å². The van der Waals surface area contributed by atoms with Gasteiger partial charge in [-0.1, -0.05) is 30.3 Å². The summed E-state index contributed by atoms with van der Waals surface area (Å²) < 4.78 is 20.5. The lowest BCUT2D eigenvalue weighted by Crippen LogP contribution is -2.39. The molecule has 0 radical (unpaired) electrons. The number of halogens is 1. The number of ether oxygens (including phenoxy) is 1. The first-order chi connectivity index (χ1) is 16.0. The Balaban J connectivity index is 1.49. The second-order valence-corrected chi connectivity index (χ2v) is 8.17. The third-order valence-corrected chi connectivity index (χ3v) is 5.52. The number of nitrogens with one attached hydrogen (secondary N) is 1. The Labute approximate surface area is 193 Å². The minimum atomic E-state index is -0.392. The number of aromatic nitrogens is 1. The van der Waals surface area contributed by atoms with E-state index in [1.807, 2.05) is 43.3 Å². The summed E-state index contributed by atoms with van der Waals surface area (Å²) in [4.78, 5) is 23.4. The second kappa shape index (κ2) is 10.4. The largest absolute Gasteiger partial charge is 0.483 e. The molecule has 0 saturated heterocycles. The molecule has 1 amide bonds. The average molecular weight is 447 g/mol. The van der Waals surface area contributed by atoms with Crippen molar-refractivity contribution in [2.24, 2.45) is 4.99 Å². The summed E-state index contributed by atoms with van der Waals surface area (Å²) in [5, 5.41) is 2.81. The third kappa shape index (κ3) is 6.02. The standard InChI is InChI=1S/C26H27FN4O2/c1-18-8-9-20(14-23(18)27)25(17-31-13-12-28-19(2)16-31)33-22-10-11-24(29-15-22)26(32)30-21-6-4-3-5-7-21/h3-11,14-15,25H,12-13,16-17H2,1-2H3,(H,30,32). The summed E-state index contributed by atoms with van der Waals surface area (Å²) in [6, 6.07) is 17.7. The van der Waals surface area contributed by atoms with Gasteiger partial charge >= 0.3 is 0 Å². The highest BCUT2D eigenvalue weighted by Gasteiger charge is 2.21. The molecule has 1 unspecified atom stereocenters. The van der Waals surface area contributed by atoms with Crippen molar-refractivity contribution in [1.82, 2.24) is 9.88 Å². The fraction of sp³-hybridized carbons (Fsp3) is 0.269. The number of nitrogens with zero attached hydrogens (tertiary/aromatic N) is 3. The molecule has 4 rings (SSSR count). The molecule has 1 aliphatic heterocycles. The summed E-state index contributed by atoms with van der Waals surface area (Å²) in [7, 11) is 0. The number of hydrogen-bond acceptors (Lipinski definition) is 5. The van der Waals surface area contributed by atoms with Crippen LogP contribution < -0.4 is 10.1 Å². The van der Waals surface area contributed by atoms with Gasteiger partial charge < -0.3 is 10.1 Å². The predicted molar refractivity (Wildman–Crippen MR) is 128 cm³/mol. The summed E-state index contributed by atoms with van der Waals surface area (Å²) in [6.45, 7) is 6.66. The molecule has 33 heavy (non-hydrogen) atoms. The molecular formula is C26H27FN4O2. The molecule has 0 bridgehead atoms. The number of carbonyl (C=O) groups excluding carboxylic acids is 1. The molecule has 0 aliphatic carbocycles. The van der Waals surface area contributed by atoms with Crippen LogP contribution in [0.2, 0.25) is 0 Å². The van der Waals surface area contributed by atoms with E-state index in [0.717, 1.165) is 30.9 Å². The zero-order valence-corrected chi connectivity index (χ0v) is 18.8. The van der Waals surface area contributed by atoms with Gasteiger partial charge in [-0.2, -0.15) is 0 Å². The van der Waals surface area contributed by atoms with Crippen LogP contribution in [0.25, 0.3) is 0 Å². The Bertz CT molecular complexity index is 1130.